The van der Waals surface area contributed by atoms with Gasteiger partial charge < -0.3 is 19.9 Å². The van der Waals surface area contributed by atoms with E-state index in [1.54, 1.807) is 26.3 Å². The summed E-state index contributed by atoms with van der Waals surface area (Å²) in [6.07, 6.45) is 0. The minimum Gasteiger partial charge on any atom is -0.496 e. The number of halogens is 2. The molecule has 1 heterocycles. The number of ether oxygens (including phenoxy) is 1. The molecule has 7 nitrogen and oxygen atoms in total. The molecule has 0 aliphatic rings. The quantitative estimate of drug-likeness (QED) is 0.266. The normalized spacial score (nSPS) is 12.1. The summed E-state index contributed by atoms with van der Waals surface area (Å²) >= 11 is 6.02. The van der Waals surface area contributed by atoms with Crippen LogP contribution in [0.1, 0.15) is 30.0 Å². The van der Waals surface area contributed by atoms with E-state index in [1.807, 2.05) is 31.2 Å². The van der Waals surface area contributed by atoms with Crippen molar-refractivity contribution in [3.05, 3.63) is 64.5 Å². The van der Waals surface area contributed by atoms with E-state index in [1.165, 1.54) is 0 Å². The van der Waals surface area contributed by atoms with Crippen LogP contribution in [0.15, 0.2) is 52.0 Å². The number of hydrogen-bond acceptors (Lipinski definition) is 5. The molecule has 0 saturated heterocycles. The van der Waals surface area contributed by atoms with Crippen LogP contribution in [0.4, 0.5) is 0 Å². The minimum absolute atomic E-state index is 0. The fraction of sp³-hybridized carbons (Fsp3) is 0.286. The van der Waals surface area contributed by atoms with Gasteiger partial charge in [-0.25, -0.2) is 0 Å². The molecule has 0 aliphatic heterocycles. The third-order valence-corrected chi connectivity index (χ3v) is 4.62. The fourth-order valence-corrected chi connectivity index (χ4v) is 3.09. The summed E-state index contributed by atoms with van der Waals surface area (Å²) in [5.74, 6) is 2.38. The van der Waals surface area contributed by atoms with Crippen molar-refractivity contribution < 1.29 is 9.26 Å². The predicted octanol–water partition coefficient (Wildman–Crippen LogP) is 4.75. The first kappa shape index (κ1) is 23.9. The van der Waals surface area contributed by atoms with E-state index >= 15 is 0 Å². The Labute approximate surface area is 198 Å². The summed E-state index contributed by atoms with van der Waals surface area (Å²) in [6.45, 7) is 4.44. The number of aryl methyl sites for hydroxylation is 1. The maximum Gasteiger partial charge on any atom is 0.246 e. The molecule has 0 bridgehead atoms. The molecule has 30 heavy (non-hydrogen) atoms. The smallest absolute Gasteiger partial charge is 0.246 e. The van der Waals surface area contributed by atoms with Crippen LogP contribution in [0.2, 0.25) is 5.02 Å². The van der Waals surface area contributed by atoms with Gasteiger partial charge in [0, 0.05) is 23.2 Å². The summed E-state index contributed by atoms with van der Waals surface area (Å²) in [4.78, 5) is 8.67. The van der Waals surface area contributed by atoms with Gasteiger partial charge in [-0.1, -0.05) is 46.6 Å². The SMILES string of the molecule is CN=C(NCc1nc(-c2cccc(Cl)c2)no1)NC(C)c1cc(C)ccc1OC.I. The van der Waals surface area contributed by atoms with Crippen molar-refractivity contribution in [2.75, 3.05) is 14.2 Å². The number of aromatic nitrogens is 2. The van der Waals surface area contributed by atoms with Crippen LogP contribution in [-0.4, -0.2) is 30.3 Å². The third-order valence-electron chi connectivity index (χ3n) is 4.39. The maximum atomic E-state index is 6.02. The summed E-state index contributed by atoms with van der Waals surface area (Å²) in [7, 11) is 3.38. The van der Waals surface area contributed by atoms with Gasteiger partial charge in [0.2, 0.25) is 11.7 Å². The molecule has 1 unspecified atom stereocenters. The van der Waals surface area contributed by atoms with Crippen LogP contribution in [0.25, 0.3) is 11.4 Å². The van der Waals surface area contributed by atoms with Crippen LogP contribution < -0.4 is 15.4 Å². The Kier molecular flexibility index (Phi) is 8.91. The van der Waals surface area contributed by atoms with Gasteiger partial charge in [0.25, 0.3) is 0 Å². The van der Waals surface area contributed by atoms with Crippen molar-refractivity contribution in [3.8, 4) is 17.1 Å². The molecule has 0 radical (unpaired) electrons. The first-order valence-corrected chi connectivity index (χ1v) is 9.58. The Hall–Kier alpha value is -2.33. The molecule has 0 fully saturated rings. The molecule has 0 aliphatic carbocycles. The van der Waals surface area contributed by atoms with Gasteiger partial charge in [-0.05, 0) is 32.0 Å². The van der Waals surface area contributed by atoms with Crippen molar-refractivity contribution in [1.82, 2.24) is 20.8 Å². The second-order valence-corrected chi connectivity index (χ2v) is 7.00. The highest BCUT2D eigenvalue weighted by Gasteiger charge is 2.14. The van der Waals surface area contributed by atoms with E-state index in [2.05, 4.69) is 38.8 Å². The topological polar surface area (TPSA) is 84.6 Å². The van der Waals surface area contributed by atoms with Crippen LogP contribution >= 0.6 is 35.6 Å². The Morgan fingerprint density at radius 3 is 2.77 bits per heavy atom. The first-order chi connectivity index (χ1) is 14.0. The molecule has 1 atom stereocenters. The highest BCUT2D eigenvalue weighted by atomic mass is 127. The Morgan fingerprint density at radius 1 is 1.27 bits per heavy atom. The highest BCUT2D eigenvalue weighted by Crippen LogP contribution is 2.26. The molecule has 0 saturated carbocycles. The lowest BCUT2D eigenvalue weighted by molar-refractivity contribution is 0.375. The van der Waals surface area contributed by atoms with Crippen LogP contribution in [-0.2, 0) is 6.54 Å². The van der Waals surface area contributed by atoms with Gasteiger partial charge in [0.1, 0.15) is 5.75 Å². The van der Waals surface area contributed by atoms with E-state index < -0.39 is 0 Å². The zero-order valence-corrected chi connectivity index (χ0v) is 20.4. The van der Waals surface area contributed by atoms with Crippen molar-refractivity contribution in [3.63, 3.8) is 0 Å². The monoisotopic (exact) mass is 541 g/mol. The molecule has 160 valence electrons. The average molecular weight is 542 g/mol. The number of methoxy groups -OCH3 is 1. The molecule has 0 spiro atoms. The Bertz CT molecular complexity index is 1010. The van der Waals surface area contributed by atoms with Crippen LogP contribution in [0, 0.1) is 6.92 Å². The number of rotatable bonds is 6. The zero-order chi connectivity index (χ0) is 20.8. The molecule has 9 heteroatoms. The molecular weight excluding hydrogens is 517 g/mol. The maximum absolute atomic E-state index is 6.02. The lowest BCUT2D eigenvalue weighted by atomic mass is 10.0. The Morgan fingerprint density at radius 2 is 2.07 bits per heavy atom. The molecule has 0 amide bonds. The lowest BCUT2D eigenvalue weighted by Gasteiger charge is -2.20. The van der Waals surface area contributed by atoms with Crippen LogP contribution in [0.5, 0.6) is 5.75 Å². The number of guanidine groups is 1. The van der Waals surface area contributed by atoms with E-state index in [-0.39, 0.29) is 30.0 Å². The summed E-state index contributed by atoms with van der Waals surface area (Å²) < 4.78 is 10.8. The summed E-state index contributed by atoms with van der Waals surface area (Å²) in [5, 5.41) is 11.2. The van der Waals surface area contributed by atoms with Gasteiger partial charge in [-0.3, -0.25) is 4.99 Å². The third kappa shape index (κ3) is 6.09. The fourth-order valence-electron chi connectivity index (χ4n) is 2.90. The highest BCUT2D eigenvalue weighted by molar-refractivity contribution is 14.0. The summed E-state index contributed by atoms with van der Waals surface area (Å²) in [5.41, 5.74) is 3.02. The van der Waals surface area contributed by atoms with Gasteiger partial charge in [-0.2, -0.15) is 4.98 Å². The average Bonchev–Trinajstić information content (AvgIpc) is 3.20. The second-order valence-electron chi connectivity index (χ2n) is 6.56. The van der Waals surface area contributed by atoms with Crippen molar-refractivity contribution >= 4 is 41.5 Å². The number of aliphatic imine (C=N–C) groups is 1. The standard InChI is InChI=1S/C21H24ClN5O2.HI/c1-13-8-9-18(28-4)17(10-13)14(2)25-21(23-3)24-12-19-26-20(27-29-19)15-6-5-7-16(22)11-15;/h5-11,14H,12H2,1-4H3,(H2,23,24,25);1H. The molecule has 3 aromatic rings. The van der Waals surface area contributed by atoms with Gasteiger partial charge in [0.05, 0.1) is 19.7 Å². The lowest BCUT2D eigenvalue weighted by Crippen LogP contribution is -2.38. The van der Waals surface area contributed by atoms with Crippen molar-refractivity contribution in [2.24, 2.45) is 4.99 Å². The van der Waals surface area contributed by atoms with Crippen molar-refractivity contribution in [2.45, 2.75) is 26.4 Å². The summed E-state index contributed by atoms with van der Waals surface area (Å²) in [6, 6.07) is 13.4. The van der Waals surface area contributed by atoms with Gasteiger partial charge in [0.15, 0.2) is 5.96 Å². The molecule has 1 aromatic heterocycles. The van der Waals surface area contributed by atoms with Crippen molar-refractivity contribution in [1.29, 1.82) is 0 Å². The first-order valence-electron chi connectivity index (χ1n) is 9.20. The number of benzene rings is 2. The van der Waals surface area contributed by atoms with E-state index in [0.29, 0.717) is 29.2 Å². The van der Waals surface area contributed by atoms with Gasteiger partial charge >= 0.3 is 0 Å². The predicted molar refractivity (Wildman–Crippen MR) is 130 cm³/mol. The van der Waals surface area contributed by atoms with Gasteiger partial charge in [-0.15, -0.1) is 24.0 Å². The second kappa shape index (κ2) is 11.2. The van der Waals surface area contributed by atoms with E-state index in [4.69, 9.17) is 20.9 Å². The Balaban J connectivity index is 0.00000320. The molecule has 2 N–H and O–H groups in total. The number of nitrogens with zero attached hydrogens (tertiary/aromatic N) is 3. The van der Waals surface area contributed by atoms with E-state index in [9.17, 15) is 0 Å². The minimum atomic E-state index is -0.0132. The molecule has 3 rings (SSSR count). The largest absolute Gasteiger partial charge is 0.496 e. The zero-order valence-electron chi connectivity index (χ0n) is 17.3. The van der Waals surface area contributed by atoms with E-state index in [0.717, 1.165) is 22.4 Å². The number of hydrogen-bond donors (Lipinski definition) is 2. The number of nitrogens with one attached hydrogen (secondary N) is 2. The molecular formula is C21H25ClIN5O2. The molecule has 2 aromatic carbocycles. The van der Waals surface area contributed by atoms with Crippen LogP contribution in [0.3, 0.4) is 0 Å².